The Morgan fingerprint density at radius 1 is 0.963 bits per heavy atom. The van der Waals surface area contributed by atoms with E-state index in [-0.39, 0.29) is 5.82 Å². The zero-order valence-corrected chi connectivity index (χ0v) is 15.1. The molecule has 0 unspecified atom stereocenters. The van der Waals surface area contributed by atoms with Crippen molar-refractivity contribution >= 4 is 22.7 Å². The third kappa shape index (κ3) is 4.11. The second-order valence-electron chi connectivity index (χ2n) is 6.52. The van der Waals surface area contributed by atoms with Crippen LogP contribution in [0.15, 0.2) is 43.0 Å². The van der Waals surface area contributed by atoms with Gasteiger partial charge in [0.15, 0.2) is 0 Å². The van der Waals surface area contributed by atoms with E-state index in [0.717, 1.165) is 51.6 Å². The largest absolute Gasteiger partial charge is 0.369 e. The Bertz CT molecular complexity index is 882. The highest BCUT2D eigenvalue weighted by Crippen LogP contribution is 2.21. The number of piperazine rings is 1. The summed E-state index contributed by atoms with van der Waals surface area (Å²) in [6.45, 7) is 5.67. The molecule has 140 valence electrons. The zero-order valence-electron chi connectivity index (χ0n) is 15.1. The van der Waals surface area contributed by atoms with Gasteiger partial charge in [-0.1, -0.05) is 6.07 Å². The minimum atomic E-state index is -0.321. The molecule has 1 aliphatic heterocycles. The minimum Gasteiger partial charge on any atom is -0.369 e. The van der Waals surface area contributed by atoms with Crippen LogP contribution in [0.4, 0.5) is 16.2 Å². The molecule has 1 aliphatic rings. The van der Waals surface area contributed by atoms with Crippen LogP contribution in [-0.2, 0) is 0 Å². The fourth-order valence-corrected chi connectivity index (χ4v) is 3.33. The lowest BCUT2D eigenvalue weighted by Gasteiger charge is -2.34. The van der Waals surface area contributed by atoms with Gasteiger partial charge in [0.25, 0.3) is 0 Å². The van der Waals surface area contributed by atoms with Gasteiger partial charge in [-0.2, -0.15) is 0 Å². The molecule has 27 heavy (non-hydrogen) atoms. The second-order valence-corrected chi connectivity index (χ2v) is 6.52. The molecular formula is C19H22FN7. The van der Waals surface area contributed by atoms with E-state index in [0.29, 0.717) is 16.7 Å². The SMILES string of the molecule is Fc1cccc2c(NCCCN3CCN(c4ncccn4)CC3)ncnc12. The van der Waals surface area contributed by atoms with Crippen molar-refractivity contribution in [2.24, 2.45) is 0 Å². The van der Waals surface area contributed by atoms with Crippen LogP contribution in [0.25, 0.3) is 10.9 Å². The lowest BCUT2D eigenvalue weighted by atomic mass is 10.2. The quantitative estimate of drug-likeness (QED) is 0.670. The smallest absolute Gasteiger partial charge is 0.225 e. The van der Waals surface area contributed by atoms with Crippen molar-refractivity contribution in [3.05, 3.63) is 48.8 Å². The molecule has 1 N–H and O–H groups in total. The van der Waals surface area contributed by atoms with Gasteiger partial charge < -0.3 is 10.2 Å². The Balaban J connectivity index is 1.24. The number of nitrogens with one attached hydrogen (secondary N) is 1. The molecule has 0 bridgehead atoms. The second kappa shape index (κ2) is 8.22. The lowest BCUT2D eigenvalue weighted by molar-refractivity contribution is 0.256. The molecule has 0 aliphatic carbocycles. The molecule has 0 saturated carbocycles. The van der Waals surface area contributed by atoms with Crippen molar-refractivity contribution in [3.8, 4) is 0 Å². The van der Waals surface area contributed by atoms with Gasteiger partial charge in [0.2, 0.25) is 5.95 Å². The van der Waals surface area contributed by atoms with E-state index >= 15 is 0 Å². The Kier molecular flexibility index (Phi) is 5.34. The maximum atomic E-state index is 13.8. The molecule has 1 saturated heterocycles. The number of hydrogen-bond acceptors (Lipinski definition) is 7. The summed E-state index contributed by atoms with van der Waals surface area (Å²) in [6.07, 6.45) is 5.95. The Morgan fingerprint density at radius 3 is 2.59 bits per heavy atom. The molecular weight excluding hydrogens is 345 g/mol. The summed E-state index contributed by atoms with van der Waals surface area (Å²) in [4.78, 5) is 21.6. The average molecular weight is 367 g/mol. The Labute approximate surface area is 157 Å². The highest BCUT2D eigenvalue weighted by atomic mass is 19.1. The van der Waals surface area contributed by atoms with E-state index in [1.807, 2.05) is 12.1 Å². The van der Waals surface area contributed by atoms with E-state index in [1.165, 1.54) is 12.4 Å². The van der Waals surface area contributed by atoms with Crippen LogP contribution in [0.2, 0.25) is 0 Å². The summed E-state index contributed by atoms with van der Waals surface area (Å²) >= 11 is 0. The van der Waals surface area contributed by atoms with Crippen LogP contribution >= 0.6 is 0 Å². The summed E-state index contributed by atoms with van der Waals surface area (Å²) in [5, 5.41) is 4.03. The first-order valence-corrected chi connectivity index (χ1v) is 9.19. The van der Waals surface area contributed by atoms with Crippen molar-refractivity contribution in [2.45, 2.75) is 6.42 Å². The number of anilines is 2. The summed E-state index contributed by atoms with van der Waals surface area (Å²) < 4.78 is 13.8. The molecule has 0 atom stereocenters. The zero-order chi connectivity index (χ0) is 18.5. The van der Waals surface area contributed by atoms with Crippen LogP contribution in [0.5, 0.6) is 0 Å². The van der Waals surface area contributed by atoms with Gasteiger partial charge in [0, 0.05) is 50.5 Å². The fourth-order valence-electron chi connectivity index (χ4n) is 3.33. The third-order valence-electron chi connectivity index (χ3n) is 4.77. The number of benzene rings is 1. The van der Waals surface area contributed by atoms with Crippen LogP contribution < -0.4 is 10.2 Å². The molecule has 0 radical (unpaired) electrons. The van der Waals surface area contributed by atoms with Gasteiger partial charge in [-0.3, -0.25) is 4.90 Å². The number of rotatable bonds is 6. The van der Waals surface area contributed by atoms with Crippen LogP contribution in [0.3, 0.4) is 0 Å². The highest BCUT2D eigenvalue weighted by Gasteiger charge is 2.18. The van der Waals surface area contributed by atoms with Crippen molar-refractivity contribution < 1.29 is 4.39 Å². The number of para-hydroxylation sites is 1. The molecule has 7 nitrogen and oxygen atoms in total. The molecule has 1 fully saturated rings. The van der Waals surface area contributed by atoms with Crippen molar-refractivity contribution in [3.63, 3.8) is 0 Å². The Morgan fingerprint density at radius 2 is 1.78 bits per heavy atom. The van der Waals surface area contributed by atoms with Crippen LogP contribution in [0.1, 0.15) is 6.42 Å². The number of nitrogens with zero attached hydrogens (tertiary/aromatic N) is 6. The molecule has 0 amide bonds. The maximum absolute atomic E-state index is 13.8. The van der Waals surface area contributed by atoms with Gasteiger partial charge in [0.05, 0.1) is 0 Å². The molecule has 8 heteroatoms. The summed E-state index contributed by atoms with van der Waals surface area (Å²) in [7, 11) is 0. The number of hydrogen-bond donors (Lipinski definition) is 1. The Hall–Kier alpha value is -2.87. The van der Waals surface area contributed by atoms with E-state index in [2.05, 4.69) is 35.1 Å². The third-order valence-corrected chi connectivity index (χ3v) is 4.77. The monoisotopic (exact) mass is 367 g/mol. The number of halogens is 1. The van der Waals surface area contributed by atoms with Gasteiger partial charge in [-0.25, -0.2) is 24.3 Å². The van der Waals surface area contributed by atoms with Crippen molar-refractivity contribution in [1.82, 2.24) is 24.8 Å². The van der Waals surface area contributed by atoms with Crippen LogP contribution in [0, 0.1) is 5.82 Å². The molecule has 3 heterocycles. The van der Waals surface area contributed by atoms with Gasteiger partial charge in [-0.05, 0) is 31.2 Å². The van der Waals surface area contributed by atoms with Crippen molar-refractivity contribution in [2.75, 3.05) is 49.5 Å². The highest BCUT2D eigenvalue weighted by molar-refractivity contribution is 5.89. The number of fused-ring (bicyclic) bond motifs is 1. The molecule has 4 rings (SSSR count). The summed E-state index contributed by atoms with van der Waals surface area (Å²) in [5.74, 6) is 1.17. The van der Waals surface area contributed by atoms with E-state index < -0.39 is 0 Å². The molecule has 2 aromatic heterocycles. The molecule has 1 aromatic carbocycles. The van der Waals surface area contributed by atoms with Gasteiger partial charge >= 0.3 is 0 Å². The fraction of sp³-hybridized carbons (Fsp3) is 0.368. The first-order valence-electron chi connectivity index (χ1n) is 9.19. The first kappa shape index (κ1) is 17.5. The maximum Gasteiger partial charge on any atom is 0.225 e. The van der Waals surface area contributed by atoms with Gasteiger partial charge in [0.1, 0.15) is 23.5 Å². The van der Waals surface area contributed by atoms with Crippen LogP contribution in [-0.4, -0.2) is 64.1 Å². The minimum absolute atomic E-state index is 0.321. The standard InChI is InChI=1S/C19H22FN7/c20-16-5-1-4-15-17(16)24-14-25-18(15)21-8-3-9-26-10-12-27(13-11-26)19-22-6-2-7-23-19/h1-2,4-7,14H,3,8-13H2,(H,21,24,25). The number of aromatic nitrogens is 4. The normalized spacial score (nSPS) is 15.2. The molecule has 3 aromatic rings. The topological polar surface area (TPSA) is 70.1 Å². The summed E-state index contributed by atoms with van der Waals surface area (Å²) in [6, 6.07) is 6.77. The summed E-state index contributed by atoms with van der Waals surface area (Å²) in [5.41, 5.74) is 0.356. The lowest BCUT2D eigenvalue weighted by Crippen LogP contribution is -2.47. The van der Waals surface area contributed by atoms with E-state index in [1.54, 1.807) is 18.5 Å². The molecule has 0 spiro atoms. The average Bonchev–Trinajstić information content (AvgIpc) is 2.73. The van der Waals surface area contributed by atoms with Gasteiger partial charge in [-0.15, -0.1) is 0 Å². The van der Waals surface area contributed by atoms with E-state index in [9.17, 15) is 4.39 Å². The van der Waals surface area contributed by atoms with E-state index in [4.69, 9.17) is 0 Å². The predicted molar refractivity (Wildman–Crippen MR) is 103 cm³/mol. The predicted octanol–water partition coefficient (Wildman–Crippen LogP) is 2.18. The van der Waals surface area contributed by atoms with Crippen molar-refractivity contribution in [1.29, 1.82) is 0 Å². The first-order chi connectivity index (χ1) is 13.3.